The number of rotatable bonds is 7. The molecule has 0 aliphatic heterocycles. The van der Waals surface area contributed by atoms with E-state index < -0.39 is 0 Å². The van der Waals surface area contributed by atoms with Gasteiger partial charge >= 0.3 is 0 Å². The monoisotopic (exact) mass is 388 g/mol. The normalized spacial score (nSPS) is 12.1. The predicted molar refractivity (Wildman–Crippen MR) is 118 cm³/mol. The molecule has 2 aromatic heterocycles. The van der Waals surface area contributed by atoms with Gasteiger partial charge < -0.3 is 19.5 Å². The van der Waals surface area contributed by atoms with Crippen LogP contribution in [0.2, 0.25) is 0 Å². The van der Waals surface area contributed by atoms with Gasteiger partial charge in [0.1, 0.15) is 6.61 Å². The Morgan fingerprint density at radius 2 is 1.86 bits per heavy atom. The van der Waals surface area contributed by atoms with Crippen LogP contribution in [0.4, 0.5) is 11.4 Å². The van der Waals surface area contributed by atoms with Crippen molar-refractivity contribution in [1.82, 2.24) is 9.88 Å². The van der Waals surface area contributed by atoms with Gasteiger partial charge in [-0.25, -0.2) is 4.98 Å². The minimum absolute atomic E-state index is 0.569. The van der Waals surface area contributed by atoms with Gasteiger partial charge in [0, 0.05) is 17.6 Å². The molecule has 0 bridgehead atoms. The number of pyridine rings is 1. The Morgan fingerprint density at radius 1 is 1.07 bits per heavy atom. The molecule has 0 saturated carbocycles. The zero-order chi connectivity index (χ0) is 20.2. The van der Waals surface area contributed by atoms with Crippen molar-refractivity contribution in [3.8, 4) is 0 Å². The summed E-state index contributed by atoms with van der Waals surface area (Å²) < 4.78 is 5.53. The van der Waals surface area contributed by atoms with Crippen LogP contribution in [0.5, 0.6) is 0 Å². The molecule has 6 heteroatoms. The van der Waals surface area contributed by atoms with Crippen molar-refractivity contribution in [2.24, 2.45) is 5.16 Å². The summed E-state index contributed by atoms with van der Waals surface area (Å²) in [6.45, 7) is 3.35. The summed E-state index contributed by atoms with van der Waals surface area (Å²) >= 11 is 0. The standard InChI is InChI=1S/C23H24N4O2/c1-16(26-29-15-13-27(2)3)17-8-10-18(11-9-17)24-22-19-6-4-5-7-21(19)25-23-20(22)12-14-28-23/h4-12,14H,13,15H2,1-3H3,(H,24,25)/b26-16+. The molecule has 4 aromatic rings. The number of furan rings is 1. The second-order valence-electron chi connectivity index (χ2n) is 7.16. The lowest BCUT2D eigenvalue weighted by atomic mass is 10.1. The number of nitrogens with one attached hydrogen (secondary N) is 1. The van der Waals surface area contributed by atoms with Crippen molar-refractivity contribution < 1.29 is 9.25 Å². The fourth-order valence-electron chi connectivity index (χ4n) is 3.11. The molecular formula is C23H24N4O2. The van der Waals surface area contributed by atoms with E-state index in [1.165, 1.54) is 0 Å². The van der Waals surface area contributed by atoms with Crippen molar-refractivity contribution in [3.63, 3.8) is 0 Å². The number of benzene rings is 2. The molecule has 0 saturated heterocycles. The zero-order valence-corrected chi connectivity index (χ0v) is 16.8. The molecule has 0 aliphatic carbocycles. The molecule has 0 fully saturated rings. The highest BCUT2D eigenvalue weighted by molar-refractivity contribution is 6.07. The Bertz CT molecular complexity index is 1150. The zero-order valence-electron chi connectivity index (χ0n) is 16.8. The van der Waals surface area contributed by atoms with Crippen LogP contribution in [0.1, 0.15) is 12.5 Å². The summed E-state index contributed by atoms with van der Waals surface area (Å²) in [6, 6.07) is 18.1. The summed E-state index contributed by atoms with van der Waals surface area (Å²) in [5, 5.41) is 9.75. The Labute approximate surface area is 169 Å². The number of fused-ring (bicyclic) bond motifs is 2. The molecule has 6 nitrogen and oxygen atoms in total. The van der Waals surface area contributed by atoms with Gasteiger partial charge in [0.25, 0.3) is 0 Å². The van der Waals surface area contributed by atoms with Crippen molar-refractivity contribution >= 4 is 39.1 Å². The van der Waals surface area contributed by atoms with Gasteiger partial charge in [-0.15, -0.1) is 0 Å². The lowest BCUT2D eigenvalue weighted by molar-refractivity contribution is 0.126. The first-order valence-electron chi connectivity index (χ1n) is 9.56. The summed E-state index contributed by atoms with van der Waals surface area (Å²) in [5.74, 6) is 0. The van der Waals surface area contributed by atoms with Crippen LogP contribution in [0, 0.1) is 0 Å². The van der Waals surface area contributed by atoms with Crippen LogP contribution in [0.15, 0.2) is 70.4 Å². The maximum atomic E-state index is 5.53. The van der Waals surface area contributed by atoms with Crippen molar-refractivity contribution in [3.05, 3.63) is 66.4 Å². The highest BCUT2D eigenvalue weighted by Gasteiger charge is 2.11. The maximum absolute atomic E-state index is 5.53. The van der Waals surface area contributed by atoms with Crippen LogP contribution < -0.4 is 5.32 Å². The van der Waals surface area contributed by atoms with E-state index in [1.807, 2.05) is 69.6 Å². The van der Waals surface area contributed by atoms with E-state index in [-0.39, 0.29) is 0 Å². The Hall–Kier alpha value is -3.38. The van der Waals surface area contributed by atoms with E-state index >= 15 is 0 Å². The number of aromatic nitrogens is 1. The lowest BCUT2D eigenvalue weighted by Crippen LogP contribution is -2.17. The second kappa shape index (κ2) is 8.32. The molecule has 0 aliphatic rings. The van der Waals surface area contributed by atoms with Gasteiger partial charge in [-0.3, -0.25) is 0 Å². The third kappa shape index (κ3) is 4.22. The third-order valence-corrected chi connectivity index (χ3v) is 4.71. The van der Waals surface area contributed by atoms with E-state index in [2.05, 4.69) is 26.4 Å². The van der Waals surface area contributed by atoms with Gasteiger partial charge in [-0.1, -0.05) is 35.5 Å². The molecule has 2 heterocycles. The smallest absolute Gasteiger partial charge is 0.228 e. The first kappa shape index (κ1) is 19.0. The largest absolute Gasteiger partial charge is 0.446 e. The van der Waals surface area contributed by atoms with Crippen LogP contribution in [0.25, 0.3) is 22.0 Å². The number of oxime groups is 1. The molecular weight excluding hydrogens is 364 g/mol. The minimum atomic E-state index is 0.569. The molecule has 148 valence electrons. The molecule has 4 rings (SSSR count). The van der Waals surface area contributed by atoms with E-state index in [0.29, 0.717) is 12.3 Å². The first-order chi connectivity index (χ1) is 14.1. The van der Waals surface area contributed by atoms with Crippen molar-refractivity contribution in [2.75, 3.05) is 32.6 Å². The van der Waals surface area contributed by atoms with Crippen LogP contribution in [-0.2, 0) is 4.84 Å². The summed E-state index contributed by atoms with van der Waals surface area (Å²) in [6.07, 6.45) is 1.67. The summed E-state index contributed by atoms with van der Waals surface area (Å²) in [4.78, 5) is 12.0. The number of hydrogen-bond acceptors (Lipinski definition) is 6. The first-order valence-corrected chi connectivity index (χ1v) is 9.56. The molecule has 0 unspecified atom stereocenters. The Kier molecular flexibility index (Phi) is 5.44. The second-order valence-corrected chi connectivity index (χ2v) is 7.16. The molecule has 2 aromatic carbocycles. The van der Waals surface area contributed by atoms with Crippen molar-refractivity contribution in [1.29, 1.82) is 0 Å². The fraction of sp³-hybridized carbons (Fsp3) is 0.217. The summed E-state index contributed by atoms with van der Waals surface area (Å²) in [5.41, 5.74) is 5.36. The average molecular weight is 388 g/mol. The van der Waals surface area contributed by atoms with E-state index in [0.717, 1.165) is 45.5 Å². The molecule has 0 radical (unpaired) electrons. The topological polar surface area (TPSA) is 62.9 Å². The van der Waals surface area contributed by atoms with E-state index in [1.54, 1.807) is 6.26 Å². The third-order valence-electron chi connectivity index (χ3n) is 4.71. The van der Waals surface area contributed by atoms with Gasteiger partial charge in [-0.05, 0) is 50.8 Å². The average Bonchev–Trinajstić information content (AvgIpc) is 3.19. The van der Waals surface area contributed by atoms with Gasteiger partial charge in [0.15, 0.2) is 0 Å². The highest BCUT2D eigenvalue weighted by Crippen LogP contribution is 2.33. The number of likely N-dealkylation sites (N-methyl/N-ethyl adjacent to an activating group) is 1. The molecule has 29 heavy (non-hydrogen) atoms. The fourth-order valence-corrected chi connectivity index (χ4v) is 3.11. The van der Waals surface area contributed by atoms with Gasteiger partial charge in [0.05, 0.1) is 28.6 Å². The Morgan fingerprint density at radius 3 is 2.66 bits per heavy atom. The molecule has 0 spiro atoms. The number of para-hydroxylation sites is 1. The summed E-state index contributed by atoms with van der Waals surface area (Å²) in [7, 11) is 4.02. The van der Waals surface area contributed by atoms with E-state index in [9.17, 15) is 0 Å². The van der Waals surface area contributed by atoms with Crippen LogP contribution in [-0.4, -0.2) is 42.8 Å². The highest BCUT2D eigenvalue weighted by atomic mass is 16.6. The number of nitrogens with zero attached hydrogens (tertiary/aromatic N) is 3. The quantitative estimate of drug-likeness (QED) is 0.273. The molecule has 0 amide bonds. The van der Waals surface area contributed by atoms with E-state index in [4.69, 9.17) is 9.25 Å². The van der Waals surface area contributed by atoms with Crippen LogP contribution >= 0.6 is 0 Å². The maximum Gasteiger partial charge on any atom is 0.228 e. The minimum Gasteiger partial charge on any atom is -0.446 e. The SMILES string of the molecule is C/C(=N\OCCN(C)C)c1ccc(Nc2c3ccccc3nc3occc23)cc1. The van der Waals surface area contributed by atoms with Gasteiger partial charge in [0.2, 0.25) is 5.71 Å². The number of hydrogen-bond donors (Lipinski definition) is 1. The number of anilines is 2. The lowest BCUT2D eigenvalue weighted by Gasteiger charge is -2.12. The Balaban J connectivity index is 1.56. The molecule has 0 atom stereocenters. The predicted octanol–water partition coefficient (Wildman–Crippen LogP) is 5.03. The van der Waals surface area contributed by atoms with Crippen LogP contribution in [0.3, 0.4) is 0 Å². The van der Waals surface area contributed by atoms with Crippen molar-refractivity contribution in [2.45, 2.75) is 6.92 Å². The molecule has 1 N–H and O–H groups in total. The van der Waals surface area contributed by atoms with Gasteiger partial charge in [-0.2, -0.15) is 0 Å².